The molecule has 184 valence electrons. The summed E-state index contributed by atoms with van der Waals surface area (Å²) in [7, 11) is 1.54. The number of rotatable bonds is 6. The molecule has 5 rings (SSSR count). The molecule has 0 aliphatic carbocycles. The average molecular weight is 528 g/mol. The van der Waals surface area contributed by atoms with E-state index in [0.29, 0.717) is 36.0 Å². The van der Waals surface area contributed by atoms with E-state index >= 15 is 0 Å². The van der Waals surface area contributed by atoms with E-state index in [2.05, 4.69) is 24.6 Å². The lowest BCUT2D eigenvalue weighted by atomic mass is 9.98. The predicted octanol–water partition coefficient (Wildman–Crippen LogP) is 2.38. The molecule has 1 aliphatic heterocycles. The van der Waals surface area contributed by atoms with Gasteiger partial charge in [0.05, 0.1) is 24.6 Å². The van der Waals surface area contributed by atoms with Crippen LogP contribution < -0.4 is 20.4 Å². The van der Waals surface area contributed by atoms with Crippen molar-refractivity contribution in [1.82, 2.24) is 23.9 Å². The number of carboxylic acids is 1. The number of anilines is 2. The molecule has 12 nitrogen and oxygen atoms in total. The average Bonchev–Trinajstić information content (AvgIpc) is 3.24. The molecule has 0 radical (unpaired) electrons. The monoisotopic (exact) mass is 527 g/mol. The number of carbonyl (C=O) groups excluding carboxylic acids is 1. The lowest BCUT2D eigenvalue weighted by molar-refractivity contribution is -0.120. The molecule has 4 aromatic rings. The first-order valence-corrected chi connectivity index (χ1v) is 11.8. The van der Waals surface area contributed by atoms with Gasteiger partial charge in [-0.15, -0.1) is 0 Å². The van der Waals surface area contributed by atoms with Gasteiger partial charge in [-0.3, -0.25) is 14.2 Å². The minimum absolute atomic E-state index is 0.00505. The summed E-state index contributed by atoms with van der Waals surface area (Å²) in [6.45, 7) is 2.52. The predicted molar refractivity (Wildman–Crippen MR) is 133 cm³/mol. The molecular formula is C22H18ClN7O5S. The molecule has 0 spiro atoms. The minimum Gasteiger partial charge on any atom is -0.495 e. The van der Waals surface area contributed by atoms with Crippen molar-refractivity contribution in [3.05, 3.63) is 57.2 Å². The number of carbonyl (C=O) groups is 2. The SMILES string of the molecule is COc1ccc(NC(=O)C2CN(c3cc(C)c4c(=O)c(C(=O)O)cn(-c5nc(Cl)ns5)c4n3)C2)nc1. The number of methoxy groups -OCH3 is 1. The molecule has 0 unspecified atom stereocenters. The Morgan fingerprint density at radius 3 is 2.67 bits per heavy atom. The van der Waals surface area contributed by atoms with Crippen molar-refractivity contribution in [3.63, 3.8) is 0 Å². The fourth-order valence-electron chi connectivity index (χ4n) is 3.87. The van der Waals surface area contributed by atoms with Crippen LogP contribution in [0.25, 0.3) is 16.2 Å². The van der Waals surface area contributed by atoms with Crippen LogP contribution in [0.4, 0.5) is 11.6 Å². The summed E-state index contributed by atoms with van der Waals surface area (Å²) >= 11 is 6.82. The normalized spacial score (nSPS) is 13.5. The summed E-state index contributed by atoms with van der Waals surface area (Å²) in [5.74, 6) is -0.271. The lowest BCUT2D eigenvalue weighted by Crippen LogP contribution is -2.52. The van der Waals surface area contributed by atoms with Crippen LogP contribution in [0.3, 0.4) is 0 Å². The highest BCUT2D eigenvalue weighted by molar-refractivity contribution is 7.08. The number of hydrogen-bond acceptors (Lipinski definition) is 10. The zero-order chi connectivity index (χ0) is 25.6. The van der Waals surface area contributed by atoms with Crippen LogP contribution in [0, 0.1) is 12.8 Å². The molecule has 1 fully saturated rings. The molecule has 2 N–H and O–H groups in total. The summed E-state index contributed by atoms with van der Waals surface area (Å²) in [5.41, 5.74) is -0.293. The van der Waals surface area contributed by atoms with Gasteiger partial charge in [0.1, 0.15) is 22.9 Å². The first-order chi connectivity index (χ1) is 17.2. The largest absolute Gasteiger partial charge is 0.495 e. The topological polar surface area (TPSA) is 152 Å². The second-order valence-electron chi connectivity index (χ2n) is 8.06. The van der Waals surface area contributed by atoms with Crippen LogP contribution in [0.5, 0.6) is 5.75 Å². The quantitative estimate of drug-likeness (QED) is 0.382. The molecule has 36 heavy (non-hydrogen) atoms. The summed E-state index contributed by atoms with van der Waals surface area (Å²) in [5, 5.41) is 12.8. The molecule has 0 atom stereocenters. The number of nitrogens with zero attached hydrogens (tertiary/aromatic N) is 6. The number of pyridine rings is 3. The van der Waals surface area contributed by atoms with Crippen LogP contribution in [0.15, 0.2) is 35.4 Å². The van der Waals surface area contributed by atoms with Crippen LogP contribution in [-0.4, -0.2) is 61.1 Å². The number of hydrogen-bond donors (Lipinski definition) is 2. The van der Waals surface area contributed by atoms with Crippen molar-refractivity contribution in [3.8, 4) is 10.9 Å². The maximum absolute atomic E-state index is 12.9. The Labute approximate surface area is 212 Å². The molecule has 0 aromatic carbocycles. The highest BCUT2D eigenvalue weighted by Gasteiger charge is 2.34. The summed E-state index contributed by atoms with van der Waals surface area (Å²) < 4.78 is 10.4. The minimum atomic E-state index is -1.36. The Morgan fingerprint density at radius 1 is 1.28 bits per heavy atom. The molecular weight excluding hydrogens is 510 g/mol. The number of ether oxygens (including phenoxy) is 1. The van der Waals surface area contributed by atoms with Crippen LogP contribution in [0.1, 0.15) is 15.9 Å². The fourth-order valence-corrected chi connectivity index (χ4v) is 4.65. The number of halogens is 1. The smallest absolute Gasteiger partial charge is 0.341 e. The molecule has 5 heterocycles. The Bertz CT molecular complexity index is 1560. The van der Waals surface area contributed by atoms with Gasteiger partial charge >= 0.3 is 5.97 Å². The van der Waals surface area contributed by atoms with E-state index in [1.54, 1.807) is 25.1 Å². The number of nitrogens with one attached hydrogen (secondary N) is 1. The first-order valence-electron chi connectivity index (χ1n) is 10.6. The molecule has 4 aromatic heterocycles. The van der Waals surface area contributed by atoms with Crippen molar-refractivity contribution >= 4 is 57.7 Å². The van der Waals surface area contributed by atoms with E-state index in [-0.39, 0.29) is 33.3 Å². The maximum Gasteiger partial charge on any atom is 0.341 e. The van der Waals surface area contributed by atoms with Crippen molar-refractivity contribution in [2.45, 2.75) is 6.92 Å². The second-order valence-corrected chi connectivity index (χ2v) is 9.13. The zero-order valence-electron chi connectivity index (χ0n) is 18.9. The number of carboxylic acid groups (broad SMARTS) is 1. The number of aromatic nitrogens is 5. The highest BCUT2D eigenvalue weighted by atomic mass is 35.5. The molecule has 1 saturated heterocycles. The number of fused-ring (bicyclic) bond motifs is 1. The summed E-state index contributed by atoms with van der Waals surface area (Å²) in [4.78, 5) is 52.1. The van der Waals surface area contributed by atoms with Crippen molar-refractivity contribution in [2.75, 3.05) is 30.4 Å². The van der Waals surface area contributed by atoms with Gasteiger partial charge < -0.3 is 20.1 Å². The van der Waals surface area contributed by atoms with Crippen molar-refractivity contribution in [1.29, 1.82) is 0 Å². The third-order valence-corrected chi connectivity index (χ3v) is 6.75. The van der Waals surface area contributed by atoms with Crippen LogP contribution in [-0.2, 0) is 4.79 Å². The molecule has 1 amide bonds. The van der Waals surface area contributed by atoms with Crippen molar-refractivity contribution < 1.29 is 19.4 Å². The lowest BCUT2D eigenvalue weighted by Gasteiger charge is -2.39. The van der Waals surface area contributed by atoms with Crippen LogP contribution in [0.2, 0.25) is 5.28 Å². The third-order valence-electron chi connectivity index (χ3n) is 5.77. The second kappa shape index (κ2) is 9.17. The highest BCUT2D eigenvalue weighted by Crippen LogP contribution is 2.29. The Kier molecular flexibility index (Phi) is 6.02. The van der Waals surface area contributed by atoms with Crippen molar-refractivity contribution in [2.24, 2.45) is 5.92 Å². The number of aryl methyl sites for hydroxylation is 1. The first kappa shape index (κ1) is 23.6. The van der Waals surface area contributed by atoms with E-state index in [1.165, 1.54) is 24.1 Å². The zero-order valence-corrected chi connectivity index (χ0v) is 20.5. The van der Waals surface area contributed by atoms with Gasteiger partial charge in [0.25, 0.3) is 0 Å². The van der Waals surface area contributed by atoms with E-state index in [9.17, 15) is 19.5 Å². The maximum atomic E-state index is 12.9. The standard InChI is InChI=1S/C22H18ClN7O5S/c1-10-5-15(29-7-11(8-29)19(32)25-14-4-3-12(35-2)6-24-14)26-18-16(10)17(31)13(20(33)34)9-30(18)22-27-21(23)28-36-22/h3-6,9,11H,7-8H2,1-2H3,(H,33,34)(H,24,25,32). The molecule has 1 aliphatic rings. The Morgan fingerprint density at radius 2 is 2.06 bits per heavy atom. The van der Waals surface area contributed by atoms with E-state index in [0.717, 1.165) is 11.5 Å². The summed E-state index contributed by atoms with van der Waals surface area (Å²) in [6.07, 6.45) is 2.69. The Hall–Kier alpha value is -4.10. The molecule has 0 bridgehead atoms. The van der Waals surface area contributed by atoms with E-state index < -0.39 is 17.0 Å². The molecule has 14 heteroatoms. The van der Waals surface area contributed by atoms with Gasteiger partial charge in [0.15, 0.2) is 5.65 Å². The summed E-state index contributed by atoms with van der Waals surface area (Å²) in [6, 6.07) is 5.07. The van der Waals surface area contributed by atoms with Gasteiger partial charge in [0.2, 0.25) is 21.8 Å². The van der Waals surface area contributed by atoms with Gasteiger partial charge in [-0.1, -0.05) is 0 Å². The van der Waals surface area contributed by atoms with Gasteiger partial charge in [0, 0.05) is 30.8 Å². The van der Waals surface area contributed by atoms with Gasteiger partial charge in [-0.2, -0.15) is 9.36 Å². The number of amides is 1. The number of aromatic carboxylic acids is 1. The Balaban J connectivity index is 1.44. The fraction of sp³-hybridized carbons (Fsp3) is 0.227. The van der Waals surface area contributed by atoms with Crippen LogP contribution >= 0.6 is 23.1 Å². The van der Waals surface area contributed by atoms with Gasteiger partial charge in [-0.25, -0.2) is 14.8 Å². The van der Waals surface area contributed by atoms with E-state index in [1.807, 2.05) is 4.90 Å². The van der Waals surface area contributed by atoms with Gasteiger partial charge in [-0.05, 0) is 42.3 Å². The molecule has 0 saturated carbocycles. The van der Waals surface area contributed by atoms with E-state index in [4.69, 9.17) is 16.3 Å². The third kappa shape index (κ3) is 4.22.